The third-order valence-electron chi connectivity index (χ3n) is 7.76. The van der Waals surface area contributed by atoms with Gasteiger partial charge in [-0.1, -0.05) is 39.0 Å². The van der Waals surface area contributed by atoms with Gasteiger partial charge in [-0.05, 0) is 49.3 Å². The van der Waals surface area contributed by atoms with Gasteiger partial charge in [-0.2, -0.15) is 5.10 Å². The number of hydrogen-bond donors (Lipinski definition) is 2. The SMILES string of the molecule is CCCCC(NC(=O)N1C(=O)[C@H](Cc2ccnc(N)c2)[C@H]1C(=O)N(C)c1ccn(C)n1)C1CCCCC1. The number of carbonyl (C=O) groups is 3. The summed E-state index contributed by atoms with van der Waals surface area (Å²) in [5.74, 6) is -0.154. The highest BCUT2D eigenvalue weighted by Gasteiger charge is 2.55. The number of likely N-dealkylation sites (tertiary alicyclic amines) is 1. The third kappa shape index (κ3) is 5.94. The smallest absolute Gasteiger partial charge is 0.325 e. The van der Waals surface area contributed by atoms with Crippen LogP contribution in [0, 0.1) is 11.8 Å². The molecule has 1 aliphatic carbocycles. The molecule has 0 spiro atoms. The summed E-state index contributed by atoms with van der Waals surface area (Å²) in [5, 5.41) is 7.48. The second-order valence-corrected chi connectivity index (χ2v) is 10.4. The average molecular weight is 510 g/mol. The van der Waals surface area contributed by atoms with Crippen molar-refractivity contribution in [1.29, 1.82) is 0 Å². The molecule has 1 unspecified atom stereocenters. The fraction of sp³-hybridized carbons (Fsp3) is 0.593. The van der Waals surface area contributed by atoms with Crippen LogP contribution in [0.3, 0.4) is 0 Å². The minimum Gasteiger partial charge on any atom is -0.384 e. The first-order valence-corrected chi connectivity index (χ1v) is 13.4. The van der Waals surface area contributed by atoms with E-state index in [0.717, 1.165) is 42.6 Å². The molecule has 1 saturated heterocycles. The van der Waals surface area contributed by atoms with E-state index in [1.807, 2.05) is 0 Å². The Morgan fingerprint density at radius 1 is 1.24 bits per heavy atom. The molecule has 2 aliphatic rings. The molecule has 2 aromatic rings. The van der Waals surface area contributed by atoms with Crippen LogP contribution in [-0.2, 0) is 23.1 Å². The van der Waals surface area contributed by atoms with Gasteiger partial charge >= 0.3 is 6.03 Å². The van der Waals surface area contributed by atoms with Gasteiger partial charge in [-0.25, -0.2) is 9.78 Å². The van der Waals surface area contributed by atoms with E-state index in [-0.39, 0.29) is 17.9 Å². The number of imide groups is 1. The van der Waals surface area contributed by atoms with Gasteiger partial charge in [0.25, 0.3) is 5.91 Å². The Morgan fingerprint density at radius 3 is 2.65 bits per heavy atom. The molecule has 4 rings (SSSR count). The number of aromatic nitrogens is 3. The van der Waals surface area contributed by atoms with Crippen LogP contribution in [0.1, 0.15) is 63.9 Å². The molecule has 200 valence electrons. The summed E-state index contributed by atoms with van der Waals surface area (Å²) in [4.78, 5) is 47.2. The maximum atomic E-state index is 13.7. The zero-order chi connectivity index (χ0) is 26.5. The monoisotopic (exact) mass is 509 g/mol. The lowest BCUT2D eigenvalue weighted by atomic mass is 9.81. The molecule has 10 nitrogen and oxygen atoms in total. The number of anilines is 2. The number of unbranched alkanes of at least 4 members (excludes halogenated alkanes) is 1. The molecule has 1 saturated carbocycles. The Hall–Kier alpha value is -3.43. The first-order valence-electron chi connectivity index (χ1n) is 13.4. The Labute approximate surface area is 218 Å². The summed E-state index contributed by atoms with van der Waals surface area (Å²) >= 11 is 0. The number of aryl methyl sites for hydroxylation is 1. The van der Waals surface area contributed by atoms with Gasteiger partial charge in [0.15, 0.2) is 5.82 Å². The van der Waals surface area contributed by atoms with Crippen molar-refractivity contribution in [3.05, 3.63) is 36.2 Å². The van der Waals surface area contributed by atoms with E-state index >= 15 is 0 Å². The molecule has 3 N–H and O–H groups in total. The Balaban J connectivity index is 1.56. The van der Waals surface area contributed by atoms with Crippen LogP contribution in [0.4, 0.5) is 16.4 Å². The fourth-order valence-electron chi connectivity index (χ4n) is 5.64. The van der Waals surface area contributed by atoms with Gasteiger partial charge in [-0.15, -0.1) is 0 Å². The Kier molecular flexibility index (Phi) is 8.45. The molecule has 2 aromatic heterocycles. The van der Waals surface area contributed by atoms with Crippen molar-refractivity contribution in [2.24, 2.45) is 18.9 Å². The Morgan fingerprint density at radius 2 is 2.00 bits per heavy atom. The minimum atomic E-state index is -0.924. The van der Waals surface area contributed by atoms with E-state index < -0.39 is 18.0 Å². The number of pyridine rings is 1. The summed E-state index contributed by atoms with van der Waals surface area (Å²) in [6, 6.07) is 3.81. The highest BCUT2D eigenvalue weighted by molar-refractivity contribution is 6.12. The normalized spacial score (nSPS) is 20.8. The van der Waals surface area contributed by atoms with Crippen LogP contribution in [0.2, 0.25) is 0 Å². The highest BCUT2D eigenvalue weighted by Crippen LogP contribution is 2.34. The molecule has 0 aromatic carbocycles. The third-order valence-corrected chi connectivity index (χ3v) is 7.76. The lowest BCUT2D eigenvalue weighted by Gasteiger charge is -2.46. The number of amides is 4. The van der Waals surface area contributed by atoms with E-state index in [0.29, 0.717) is 24.0 Å². The van der Waals surface area contributed by atoms with Gasteiger partial charge < -0.3 is 11.1 Å². The Bertz CT molecular complexity index is 1110. The van der Waals surface area contributed by atoms with Crippen LogP contribution in [0.25, 0.3) is 0 Å². The number of nitrogens with zero attached hydrogens (tertiary/aromatic N) is 5. The first-order chi connectivity index (χ1) is 17.8. The standard InChI is InChI=1S/C27H39N7O3/c1-4-5-11-21(19-9-7-6-8-10-19)30-27(37)34-24(26(36)33(3)23-13-15-32(2)31-23)20(25(34)35)16-18-12-14-29-22(28)17-18/h12-15,17,19-21,24H,4-11,16H2,1-3H3,(H2,28,29)(H,30,37)/t20-,21?,24+/m1/s1. The number of carbonyl (C=O) groups excluding carboxylic acids is 3. The molecule has 1 aliphatic heterocycles. The summed E-state index contributed by atoms with van der Waals surface area (Å²) in [7, 11) is 3.39. The highest BCUT2D eigenvalue weighted by atomic mass is 16.2. The van der Waals surface area contributed by atoms with Gasteiger partial charge in [0.1, 0.15) is 11.9 Å². The first kappa shape index (κ1) is 26.6. The molecule has 2 fully saturated rings. The number of urea groups is 1. The van der Waals surface area contributed by atoms with Crippen molar-refractivity contribution in [2.75, 3.05) is 17.7 Å². The average Bonchev–Trinajstić information content (AvgIpc) is 3.33. The van der Waals surface area contributed by atoms with E-state index in [4.69, 9.17) is 5.73 Å². The second kappa shape index (κ2) is 11.7. The van der Waals surface area contributed by atoms with Crippen molar-refractivity contribution in [1.82, 2.24) is 25.0 Å². The molecule has 3 heterocycles. The van der Waals surface area contributed by atoms with Gasteiger partial charge in [0, 0.05) is 38.6 Å². The molecule has 37 heavy (non-hydrogen) atoms. The molecule has 0 radical (unpaired) electrons. The summed E-state index contributed by atoms with van der Waals surface area (Å²) in [6.07, 6.45) is 12.3. The maximum absolute atomic E-state index is 13.7. The number of nitrogens with one attached hydrogen (secondary N) is 1. The fourth-order valence-corrected chi connectivity index (χ4v) is 5.64. The van der Waals surface area contributed by atoms with Crippen LogP contribution < -0.4 is 16.0 Å². The number of hydrogen-bond acceptors (Lipinski definition) is 6. The summed E-state index contributed by atoms with van der Waals surface area (Å²) < 4.78 is 1.61. The zero-order valence-electron chi connectivity index (χ0n) is 22.1. The van der Waals surface area contributed by atoms with Crippen LogP contribution in [0.15, 0.2) is 30.6 Å². The van der Waals surface area contributed by atoms with Gasteiger partial charge in [0.05, 0.1) is 5.92 Å². The van der Waals surface area contributed by atoms with Gasteiger partial charge in [-0.3, -0.25) is 24.1 Å². The summed E-state index contributed by atoms with van der Waals surface area (Å²) in [6.45, 7) is 2.14. The molecule has 3 atom stereocenters. The van der Waals surface area contributed by atoms with Crippen LogP contribution in [0.5, 0.6) is 0 Å². The predicted molar refractivity (Wildman–Crippen MR) is 142 cm³/mol. The largest absolute Gasteiger partial charge is 0.384 e. The zero-order valence-corrected chi connectivity index (χ0v) is 22.1. The van der Waals surface area contributed by atoms with E-state index in [1.165, 1.54) is 24.2 Å². The van der Waals surface area contributed by atoms with Gasteiger partial charge in [0.2, 0.25) is 5.91 Å². The molecular formula is C27H39N7O3. The maximum Gasteiger partial charge on any atom is 0.325 e. The van der Waals surface area contributed by atoms with Crippen molar-refractivity contribution < 1.29 is 14.4 Å². The minimum absolute atomic E-state index is 0.00358. The number of β-lactam (4-membered cyclic amide) rings is 1. The topological polar surface area (TPSA) is 126 Å². The molecule has 0 bridgehead atoms. The number of likely N-dealkylation sites (N-methyl/N-ethyl adjacent to an activating group) is 1. The second-order valence-electron chi connectivity index (χ2n) is 10.4. The lowest BCUT2D eigenvalue weighted by Crippen LogP contribution is -2.71. The van der Waals surface area contributed by atoms with Crippen molar-refractivity contribution in [3.63, 3.8) is 0 Å². The number of nitrogen functional groups attached to an aromatic ring is 1. The molecule has 10 heteroatoms. The van der Waals surface area contributed by atoms with E-state index in [1.54, 1.807) is 49.4 Å². The lowest BCUT2D eigenvalue weighted by molar-refractivity contribution is -0.156. The quantitative estimate of drug-likeness (QED) is 0.500. The number of rotatable bonds is 9. The summed E-state index contributed by atoms with van der Waals surface area (Å²) in [5.41, 5.74) is 6.63. The number of nitrogens with two attached hydrogens (primary N) is 1. The molecule has 4 amide bonds. The van der Waals surface area contributed by atoms with Crippen molar-refractivity contribution >= 4 is 29.5 Å². The molecular weight excluding hydrogens is 470 g/mol. The van der Waals surface area contributed by atoms with Crippen LogP contribution in [-0.4, -0.2) is 56.6 Å². The van der Waals surface area contributed by atoms with Crippen molar-refractivity contribution in [3.8, 4) is 0 Å². The van der Waals surface area contributed by atoms with E-state index in [9.17, 15) is 14.4 Å². The predicted octanol–water partition coefficient (Wildman–Crippen LogP) is 3.28. The van der Waals surface area contributed by atoms with Crippen molar-refractivity contribution in [2.45, 2.75) is 76.8 Å². The van der Waals surface area contributed by atoms with Crippen LogP contribution >= 0.6 is 0 Å². The van der Waals surface area contributed by atoms with E-state index in [2.05, 4.69) is 22.3 Å².